The van der Waals surface area contributed by atoms with Crippen molar-refractivity contribution in [3.63, 3.8) is 0 Å². The van der Waals surface area contributed by atoms with E-state index in [0.717, 1.165) is 25.3 Å². The Balaban J connectivity index is 3.22. The monoisotopic (exact) mass is 228 g/mol. The van der Waals surface area contributed by atoms with Gasteiger partial charge in [-0.25, -0.2) is 14.0 Å². The van der Waals surface area contributed by atoms with Crippen LogP contribution in [0.5, 0.6) is 0 Å². The van der Waals surface area contributed by atoms with Gasteiger partial charge in [0.05, 0.1) is 12.7 Å². The number of esters is 1. The van der Waals surface area contributed by atoms with Gasteiger partial charge in [0.15, 0.2) is 6.10 Å². The highest BCUT2D eigenvalue weighted by Crippen LogP contribution is 2.20. The van der Waals surface area contributed by atoms with E-state index in [-0.39, 0.29) is 5.56 Å². The first-order valence-corrected chi connectivity index (χ1v) is 4.26. The molecule has 1 aromatic carbocycles. The zero-order chi connectivity index (χ0) is 12.3. The number of aliphatic hydroxyl groups is 1. The van der Waals surface area contributed by atoms with Crippen molar-refractivity contribution in [3.8, 4) is 0 Å². The zero-order valence-corrected chi connectivity index (χ0v) is 8.31. The SMILES string of the molecule is COC(=O)C(O)c1ccc(F)cc1C(=O)O. The molecule has 0 aliphatic carbocycles. The summed E-state index contributed by atoms with van der Waals surface area (Å²) in [7, 11) is 1.05. The Labute approximate surface area is 90.1 Å². The van der Waals surface area contributed by atoms with Crippen LogP contribution >= 0.6 is 0 Å². The van der Waals surface area contributed by atoms with E-state index in [1.807, 2.05) is 0 Å². The number of aliphatic hydroxyl groups excluding tert-OH is 1. The molecule has 2 N–H and O–H groups in total. The molecule has 16 heavy (non-hydrogen) atoms. The number of methoxy groups -OCH3 is 1. The number of halogens is 1. The van der Waals surface area contributed by atoms with Crippen molar-refractivity contribution in [2.45, 2.75) is 6.10 Å². The summed E-state index contributed by atoms with van der Waals surface area (Å²) in [6.07, 6.45) is -1.74. The standard InChI is InChI=1S/C10H9FO5/c1-16-10(15)8(12)6-3-2-5(11)4-7(6)9(13)14/h2-4,8,12H,1H3,(H,13,14). The third kappa shape index (κ3) is 2.34. The maximum absolute atomic E-state index is 12.8. The Kier molecular flexibility index (Phi) is 3.57. The number of hydrogen-bond acceptors (Lipinski definition) is 4. The highest BCUT2D eigenvalue weighted by Gasteiger charge is 2.24. The molecule has 0 heterocycles. The molecule has 0 aliphatic rings. The summed E-state index contributed by atoms with van der Waals surface area (Å²) in [4.78, 5) is 21.8. The minimum absolute atomic E-state index is 0.208. The lowest BCUT2D eigenvalue weighted by Crippen LogP contribution is -2.17. The van der Waals surface area contributed by atoms with Gasteiger partial charge in [-0.3, -0.25) is 0 Å². The van der Waals surface area contributed by atoms with Crippen LogP contribution in [0.25, 0.3) is 0 Å². The summed E-state index contributed by atoms with van der Waals surface area (Å²) < 4.78 is 17.0. The molecule has 6 heteroatoms. The van der Waals surface area contributed by atoms with Gasteiger partial charge in [-0.2, -0.15) is 0 Å². The van der Waals surface area contributed by atoms with Crippen molar-refractivity contribution in [3.05, 3.63) is 35.1 Å². The van der Waals surface area contributed by atoms with Gasteiger partial charge in [-0.05, 0) is 12.1 Å². The largest absolute Gasteiger partial charge is 0.478 e. The minimum atomic E-state index is -1.74. The molecule has 0 radical (unpaired) electrons. The molecular formula is C10H9FO5. The van der Waals surface area contributed by atoms with E-state index in [4.69, 9.17) is 5.11 Å². The van der Waals surface area contributed by atoms with E-state index in [1.165, 1.54) is 0 Å². The van der Waals surface area contributed by atoms with Gasteiger partial charge >= 0.3 is 11.9 Å². The molecule has 0 aromatic heterocycles. The molecule has 1 unspecified atom stereocenters. The van der Waals surface area contributed by atoms with Gasteiger partial charge in [0.25, 0.3) is 0 Å². The third-order valence-corrected chi connectivity index (χ3v) is 1.96. The van der Waals surface area contributed by atoms with Crippen molar-refractivity contribution < 1.29 is 28.9 Å². The van der Waals surface area contributed by atoms with Gasteiger partial charge in [0.1, 0.15) is 5.82 Å². The van der Waals surface area contributed by atoms with Crippen LogP contribution in [0.4, 0.5) is 4.39 Å². The maximum Gasteiger partial charge on any atom is 0.339 e. The summed E-state index contributed by atoms with van der Waals surface area (Å²) in [5, 5.41) is 18.2. The van der Waals surface area contributed by atoms with Gasteiger partial charge in [0, 0.05) is 5.56 Å². The molecule has 0 aliphatic heterocycles. The van der Waals surface area contributed by atoms with Gasteiger partial charge in [0.2, 0.25) is 0 Å². The van der Waals surface area contributed by atoms with Crippen molar-refractivity contribution in [1.82, 2.24) is 0 Å². The Morgan fingerprint density at radius 2 is 2.06 bits per heavy atom. The molecule has 5 nitrogen and oxygen atoms in total. The quantitative estimate of drug-likeness (QED) is 0.745. The fraction of sp³-hybridized carbons (Fsp3) is 0.200. The molecule has 0 bridgehead atoms. The van der Waals surface area contributed by atoms with E-state index in [9.17, 15) is 19.1 Å². The first kappa shape index (κ1) is 12.1. The molecule has 1 atom stereocenters. The van der Waals surface area contributed by atoms with E-state index in [2.05, 4.69) is 4.74 Å². The number of carbonyl (C=O) groups excluding carboxylic acids is 1. The predicted octanol–water partition coefficient (Wildman–Crippen LogP) is 0.730. The number of rotatable bonds is 3. The molecule has 0 fully saturated rings. The average Bonchev–Trinajstić information content (AvgIpc) is 2.26. The van der Waals surface area contributed by atoms with Gasteiger partial charge in [-0.15, -0.1) is 0 Å². The van der Waals surface area contributed by atoms with Crippen molar-refractivity contribution in [2.24, 2.45) is 0 Å². The average molecular weight is 228 g/mol. The second-order valence-corrected chi connectivity index (χ2v) is 2.96. The number of aromatic carboxylic acids is 1. The molecule has 86 valence electrons. The highest BCUT2D eigenvalue weighted by molar-refractivity contribution is 5.91. The molecule has 1 rings (SSSR count). The van der Waals surface area contributed by atoms with Crippen LogP contribution in [-0.2, 0) is 9.53 Å². The lowest BCUT2D eigenvalue weighted by molar-refractivity contribution is -0.150. The summed E-state index contributed by atoms with van der Waals surface area (Å²) in [6, 6.07) is 2.71. The van der Waals surface area contributed by atoms with Crippen LogP contribution in [0.3, 0.4) is 0 Å². The van der Waals surface area contributed by atoms with Gasteiger partial charge < -0.3 is 14.9 Å². The third-order valence-electron chi connectivity index (χ3n) is 1.96. The first-order valence-electron chi connectivity index (χ1n) is 4.26. The van der Waals surface area contributed by atoms with Crippen LogP contribution in [0, 0.1) is 5.82 Å². The Bertz CT molecular complexity index is 429. The van der Waals surface area contributed by atoms with Crippen molar-refractivity contribution in [1.29, 1.82) is 0 Å². The molecule has 0 amide bonds. The van der Waals surface area contributed by atoms with Crippen LogP contribution in [-0.4, -0.2) is 29.3 Å². The molecule has 0 saturated carbocycles. The topological polar surface area (TPSA) is 83.8 Å². The van der Waals surface area contributed by atoms with Crippen LogP contribution in [0.2, 0.25) is 0 Å². The van der Waals surface area contributed by atoms with Crippen LogP contribution < -0.4 is 0 Å². The van der Waals surface area contributed by atoms with Crippen molar-refractivity contribution >= 4 is 11.9 Å². The zero-order valence-electron chi connectivity index (χ0n) is 8.31. The Morgan fingerprint density at radius 1 is 1.44 bits per heavy atom. The van der Waals surface area contributed by atoms with E-state index >= 15 is 0 Å². The minimum Gasteiger partial charge on any atom is -0.478 e. The summed E-state index contributed by atoms with van der Waals surface area (Å²) in [5.74, 6) is -3.20. The second kappa shape index (κ2) is 4.71. The highest BCUT2D eigenvalue weighted by atomic mass is 19.1. The number of carbonyl (C=O) groups is 2. The summed E-state index contributed by atoms with van der Waals surface area (Å²) in [5.41, 5.74) is -0.682. The lowest BCUT2D eigenvalue weighted by Gasteiger charge is -2.11. The molecule has 1 aromatic rings. The first-order chi connectivity index (χ1) is 7.47. The normalized spacial score (nSPS) is 11.9. The smallest absolute Gasteiger partial charge is 0.339 e. The van der Waals surface area contributed by atoms with E-state index in [1.54, 1.807) is 0 Å². The molecular weight excluding hydrogens is 219 g/mol. The maximum atomic E-state index is 12.8. The predicted molar refractivity (Wildman–Crippen MR) is 50.3 cm³/mol. The second-order valence-electron chi connectivity index (χ2n) is 2.96. The number of carboxylic acids is 1. The lowest BCUT2D eigenvalue weighted by atomic mass is 10.0. The number of benzene rings is 1. The Morgan fingerprint density at radius 3 is 2.56 bits per heavy atom. The van der Waals surface area contributed by atoms with Crippen LogP contribution in [0.15, 0.2) is 18.2 Å². The van der Waals surface area contributed by atoms with E-state index in [0.29, 0.717) is 0 Å². The van der Waals surface area contributed by atoms with Gasteiger partial charge in [-0.1, -0.05) is 6.07 Å². The molecule has 0 saturated heterocycles. The number of carboxylic acid groups (broad SMARTS) is 1. The fourth-order valence-electron chi connectivity index (χ4n) is 1.19. The number of hydrogen-bond donors (Lipinski definition) is 2. The van der Waals surface area contributed by atoms with Crippen molar-refractivity contribution in [2.75, 3.05) is 7.11 Å². The summed E-state index contributed by atoms with van der Waals surface area (Å²) in [6.45, 7) is 0. The van der Waals surface area contributed by atoms with Crippen LogP contribution in [0.1, 0.15) is 22.0 Å². The molecule has 0 spiro atoms. The number of ether oxygens (including phenoxy) is 1. The van der Waals surface area contributed by atoms with E-state index < -0.39 is 29.4 Å². The summed E-state index contributed by atoms with van der Waals surface area (Å²) >= 11 is 0. The Hall–Kier alpha value is -1.95. The fourth-order valence-corrected chi connectivity index (χ4v) is 1.19.